The number of para-hydroxylation sites is 3. The van der Waals surface area contributed by atoms with Gasteiger partial charge in [-0.25, -0.2) is 9.97 Å². The van der Waals surface area contributed by atoms with E-state index in [0.29, 0.717) is 0 Å². The van der Waals surface area contributed by atoms with E-state index < -0.39 is 0 Å². The van der Waals surface area contributed by atoms with Gasteiger partial charge in [-0.1, -0.05) is 133 Å². The Morgan fingerprint density at radius 2 is 0.981 bits per heavy atom. The monoisotopic (exact) mass is 689 g/mol. The summed E-state index contributed by atoms with van der Waals surface area (Å²) in [5.41, 5.74) is 13.6. The predicted octanol–water partition coefficient (Wildman–Crippen LogP) is 13.3. The highest BCUT2D eigenvalue weighted by atomic mass is 16.3. The molecule has 11 aromatic rings. The third-order valence-corrected chi connectivity index (χ3v) is 10.6. The molecule has 0 saturated carbocycles. The van der Waals surface area contributed by atoms with Crippen LogP contribution in [0.15, 0.2) is 192 Å². The van der Waals surface area contributed by atoms with Crippen molar-refractivity contribution in [1.82, 2.24) is 14.5 Å². The van der Waals surface area contributed by atoms with Crippen LogP contribution in [0.1, 0.15) is 0 Å². The molecule has 0 fully saturated rings. The lowest BCUT2D eigenvalue weighted by molar-refractivity contribution is 0.670. The van der Waals surface area contributed by atoms with Gasteiger partial charge in [-0.15, -0.1) is 0 Å². The van der Waals surface area contributed by atoms with Crippen molar-refractivity contribution in [1.29, 1.82) is 0 Å². The van der Waals surface area contributed by atoms with Gasteiger partial charge in [0, 0.05) is 49.3 Å². The fourth-order valence-corrected chi connectivity index (χ4v) is 8.04. The Bertz CT molecular complexity index is 3200. The molecule has 0 unspecified atom stereocenters. The Hall–Kier alpha value is -7.30. The van der Waals surface area contributed by atoms with Crippen molar-refractivity contribution in [2.75, 3.05) is 0 Å². The number of furan rings is 1. The van der Waals surface area contributed by atoms with E-state index in [-0.39, 0.29) is 0 Å². The smallest absolute Gasteiger partial charge is 0.160 e. The Kier molecular flexibility index (Phi) is 6.82. The summed E-state index contributed by atoms with van der Waals surface area (Å²) >= 11 is 0. The molecular weight excluding hydrogens is 659 g/mol. The van der Waals surface area contributed by atoms with Crippen molar-refractivity contribution in [2.45, 2.75) is 0 Å². The molecule has 3 aromatic heterocycles. The molecule has 0 spiro atoms. The first-order valence-corrected chi connectivity index (χ1v) is 18.2. The minimum absolute atomic E-state index is 0.721. The molecule has 252 valence electrons. The molecule has 0 bridgehead atoms. The molecule has 54 heavy (non-hydrogen) atoms. The number of hydrogen-bond donors (Lipinski definition) is 0. The average molecular weight is 690 g/mol. The molecule has 0 amide bonds. The highest BCUT2D eigenvalue weighted by Crippen LogP contribution is 2.41. The maximum atomic E-state index is 6.48. The van der Waals surface area contributed by atoms with E-state index in [1.807, 2.05) is 36.4 Å². The molecule has 0 N–H and O–H groups in total. The Morgan fingerprint density at radius 1 is 0.389 bits per heavy atom. The normalized spacial score (nSPS) is 11.7. The van der Waals surface area contributed by atoms with Crippen LogP contribution in [0.3, 0.4) is 0 Å². The second-order valence-corrected chi connectivity index (χ2v) is 13.8. The van der Waals surface area contributed by atoms with Crippen LogP contribution >= 0.6 is 0 Å². The van der Waals surface area contributed by atoms with Crippen molar-refractivity contribution in [2.24, 2.45) is 0 Å². The van der Waals surface area contributed by atoms with Crippen molar-refractivity contribution >= 4 is 54.6 Å². The zero-order valence-electron chi connectivity index (χ0n) is 29.1. The lowest BCUT2D eigenvalue weighted by Crippen LogP contribution is -1.95. The fraction of sp³-hybridized carbons (Fsp3) is 0. The van der Waals surface area contributed by atoms with Crippen LogP contribution in [-0.2, 0) is 0 Å². The van der Waals surface area contributed by atoms with Crippen LogP contribution in [0, 0.1) is 0 Å². The standard InChI is InChI=1S/C50H31N3O/c1-4-13-32(14-5-1)48-43-30-34(23-26-44(43)51-50(52-48)33-15-6-2-7-16-33)35-24-27-45-41(29-35)42-31-36(25-28-46(42)53(45)37-17-8-3-9-18-37)38-20-12-21-40-39-19-10-11-22-47(39)54-49(38)40/h1-31H. The van der Waals surface area contributed by atoms with Crippen molar-refractivity contribution < 1.29 is 4.42 Å². The van der Waals surface area contributed by atoms with E-state index in [2.05, 4.69) is 156 Å². The van der Waals surface area contributed by atoms with Gasteiger partial charge in [-0.05, 0) is 71.3 Å². The van der Waals surface area contributed by atoms with Gasteiger partial charge < -0.3 is 8.98 Å². The SMILES string of the molecule is c1ccc(-c2nc(-c3ccccc3)c3cc(-c4ccc5c(c4)c4cc(-c6cccc7c6oc6ccccc67)ccc4n5-c4ccccc4)ccc3n2)cc1. The molecule has 3 heterocycles. The molecule has 4 nitrogen and oxygen atoms in total. The van der Waals surface area contributed by atoms with Gasteiger partial charge in [0.2, 0.25) is 0 Å². The lowest BCUT2D eigenvalue weighted by Gasteiger charge is -2.12. The van der Waals surface area contributed by atoms with E-state index in [1.165, 1.54) is 10.8 Å². The Balaban J connectivity index is 1.12. The van der Waals surface area contributed by atoms with Crippen molar-refractivity contribution in [3.05, 3.63) is 188 Å². The van der Waals surface area contributed by atoms with Crippen LogP contribution in [-0.4, -0.2) is 14.5 Å². The molecule has 4 heteroatoms. The van der Waals surface area contributed by atoms with Crippen LogP contribution < -0.4 is 0 Å². The first kappa shape index (κ1) is 30.3. The van der Waals surface area contributed by atoms with Gasteiger partial charge in [0.25, 0.3) is 0 Å². The molecule has 0 aliphatic rings. The fourth-order valence-electron chi connectivity index (χ4n) is 8.04. The van der Waals surface area contributed by atoms with Crippen molar-refractivity contribution in [3.8, 4) is 50.6 Å². The number of rotatable bonds is 5. The first-order valence-electron chi connectivity index (χ1n) is 18.2. The van der Waals surface area contributed by atoms with Gasteiger partial charge in [0.05, 0.1) is 22.2 Å². The zero-order chi connectivity index (χ0) is 35.6. The van der Waals surface area contributed by atoms with Crippen LogP contribution in [0.25, 0.3) is 105 Å². The summed E-state index contributed by atoms with van der Waals surface area (Å²) in [6, 6.07) is 66.2. The molecule has 0 aliphatic heterocycles. The maximum absolute atomic E-state index is 6.48. The molecular formula is C50H31N3O. The van der Waals surface area contributed by atoms with E-state index in [4.69, 9.17) is 14.4 Å². The van der Waals surface area contributed by atoms with Gasteiger partial charge in [-0.3, -0.25) is 0 Å². The third kappa shape index (κ3) is 4.85. The summed E-state index contributed by atoms with van der Waals surface area (Å²) in [6.07, 6.45) is 0. The number of fused-ring (bicyclic) bond motifs is 7. The van der Waals surface area contributed by atoms with Gasteiger partial charge >= 0.3 is 0 Å². The number of benzene rings is 8. The third-order valence-electron chi connectivity index (χ3n) is 10.6. The molecule has 11 rings (SSSR count). The van der Waals surface area contributed by atoms with Crippen LogP contribution in [0.5, 0.6) is 0 Å². The molecule has 0 aliphatic carbocycles. The number of nitrogens with zero attached hydrogens (tertiary/aromatic N) is 3. The molecule has 8 aromatic carbocycles. The zero-order valence-corrected chi connectivity index (χ0v) is 29.1. The topological polar surface area (TPSA) is 43.9 Å². The second kappa shape index (κ2) is 12.1. The number of hydrogen-bond acceptors (Lipinski definition) is 3. The summed E-state index contributed by atoms with van der Waals surface area (Å²) in [5.74, 6) is 0.721. The van der Waals surface area contributed by atoms with Crippen LogP contribution in [0.4, 0.5) is 0 Å². The van der Waals surface area contributed by atoms with E-state index >= 15 is 0 Å². The predicted molar refractivity (Wildman–Crippen MR) is 223 cm³/mol. The summed E-state index contributed by atoms with van der Waals surface area (Å²) in [7, 11) is 0. The summed E-state index contributed by atoms with van der Waals surface area (Å²) in [6.45, 7) is 0. The number of aromatic nitrogens is 3. The van der Waals surface area contributed by atoms with Gasteiger partial charge in [-0.2, -0.15) is 0 Å². The minimum Gasteiger partial charge on any atom is -0.455 e. The molecule has 0 radical (unpaired) electrons. The maximum Gasteiger partial charge on any atom is 0.160 e. The highest BCUT2D eigenvalue weighted by molar-refractivity contribution is 6.14. The summed E-state index contributed by atoms with van der Waals surface area (Å²) < 4.78 is 8.85. The summed E-state index contributed by atoms with van der Waals surface area (Å²) in [4.78, 5) is 10.2. The van der Waals surface area contributed by atoms with E-state index in [0.717, 1.165) is 94.5 Å². The Morgan fingerprint density at radius 3 is 1.74 bits per heavy atom. The first-order chi connectivity index (χ1) is 26.8. The van der Waals surface area contributed by atoms with E-state index in [9.17, 15) is 0 Å². The van der Waals surface area contributed by atoms with Gasteiger partial charge in [0.1, 0.15) is 11.2 Å². The molecule has 0 saturated heterocycles. The van der Waals surface area contributed by atoms with Gasteiger partial charge in [0.15, 0.2) is 5.82 Å². The largest absolute Gasteiger partial charge is 0.455 e. The minimum atomic E-state index is 0.721. The average Bonchev–Trinajstić information content (AvgIpc) is 3.79. The van der Waals surface area contributed by atoms with Crippen molar-refractivity contribution in [3.63, 3.8) is 0 Å². The summed E-state index contributed by atoms with van der Waals surface area (Å²) in [5, 5.41) is 5.65. The Labute approximate surface area is 311 Å². The lowest BCUT2D eigenvalue weighted by atomic mass is 9.97. The second-order valence-electron chi connectivity index (χ2n) is 13.8. The van der Waals surface area contributed by atoms with Crippen LogP contribution in [0.2, 0.25) is 0 Å². The molecule has 0 atom stereocenters. The highest BCUT2D eigenvalue weighted by Gasteiger charge is 2.18. The van der Waals surface area contributed by atoms with E-state index in [1.54, 1.807) is 0 Å². The quantitative estimate of drug-likeness (QED) is 0.181.